The standard InChI is InChI=1S/C18H19NO2/c1-12-6-2-3-7-13(12)11-17(21)19-18-15-9-5-4-8-14(15)10-16(18)20/h2-9,16,18,20H,10-11H2,1H3,(H,19,21)/t16-,18+/m1/s1. The van der Waals surface area contributed by atoms with Crippen molar-refractivity contribution >= 4 is 5.91 Å². The van der Waals surface area contributed by atoms with Crippen LogP contribution >= 0.6 is 0 Å². The molecule has 0 bridgehead atoms. The van der Waals surface area contributed by atoms with Gasteiger partial charge in [-0.1, -0.05) is 48.5 Å². The highest BCUT2D eigenvalue weighted by molar-refractivity contribution is 5.79. The van der Waals surface area contributed by atoms with E-state index in [1.807, 2.05) is 55.5 Å². The second-order valence-corrected chi connectivity index (χ2v) is 5.62. The van der Waals surface area contributed by atoms with E-state index in [0.29, 0.717) is 12.8 Å². The van der Waals surface area contributed by atoms with Crippen molar-refractivity contribution in [3.05, 3.63) is 70.8 Å². The minimum absolute atomic E-state index is 0.0509. The number of benzene rings is 2. The first-order valence-electron chi connectivity index (χ1n) is 7.25. The van der Waals surface area contributed by atoms with Gasteiger partial charge in [0.05, 0.1) is 18.6 Å². The summed E-state index contributed by atoms with van der Waals surface area (Å²) in [6, 6.07) is 15.5. The normalized spacial score (nSPS) is 20.1. The minimum atomic E-state index is -0.539. The van der Waals surface area contributed by atoms with E-state index in [0.717, 1.165) is 22.3 Å². The first kappa shape index (κ1) is 13.8. The second kappa shape index (κ2) is 5.70. The van der Waals surface area contributed by atoms with E-state index < -0.39 is 6.10 Å². The maximum Gasteiger partial charge on any atom is 0.225 e. The lowest BCUT2D eigenvalue weighted by Crippen LogP contribution is -2.34. The summed E-state index contributed by atoms with van der Waals surface area (Å²) >= 11 is 0. The average Bonchev–Trinajstić information content (AvgIpc) is 2.78. The number of amides is 1. The molecule has 0 unspecified atom stereocenters. The van der Waals surface area contributed by atoms with Gasteiger partial charge in [-0.05, 0) is 29.2 Å². The summed E-state index contributed by atoms with van der Waals surface area (Å²) in [5.74, 6) is -0.0509. The smallest absolute Gasteiger partial charge is 0.225 e. The number of carbonyl (C=O) groups is 1. The Hall–Kier alpha value is -2.13. The van der Waals surface area contributed by atoms with Crippen LogP contribution in [0.4, 0.5) is 0 Å². The van der Waals surface area contributed by atoms with Gasteiger partial charge in [-0.2, -0.15) is 0 Å². The van der Waals surface area contributed by atoms with Crippen molar-refractivity contribution in [3.8, 4) is 0 Å². The van der Waals surface area contributed by atoms with E-state index in [9.17, 15) is 9.90 Å². The van der Waals surface area contributed by atoms with E-state index >= 15 is 0 Å². The number of fused-ring (bicyclic) bond motifs is 1. The van der Waals surface area contributed by atoms with Crippen LogP contribution in [0.2, 0.25) is 0 Å². The van der Waals surface area contributed by atoms with Crippen LogP contribution in [0.3, 0.4) is 0 Å². The molecule has 3 nitrogen and oxygen atoms in total. The van der Waals surface area contributed by atoms with Crippen molar-refractivity contribution in [2.75, 3.05) is 0 Å². The molecule has 3 heteroatoms. The first-order valence-corrected chi connectivity index (χ1v) is 7.25. The molecule has 2 aromatic rings. The Morgan fingerprint density at radius 1 is 1.19 bits per heavy atom. The van der Waals surface area contributed by atoms with Gasteiger partial charge in [-0.25, -0.2) is 0 Å². The summed E-state index contributed by atoms with van der Waals surface area (Å²) in [7, 11) is 0. The fraction of sp³-hybridized carbons (Fsp3) is 0.278. The van der Waals surface area contributed by atoms with Crippen LogP contribution in [-0.2, 0) is 17.6 Å². The lowest BCUT2D eigenvalue weighted by molar-refractivity contribution is -0.122. The Kier molecular flexibility index (Phi) is 3.76. The molecule has 3 rings (SSSR count). The van der Waals surface area contributed by atoms with E-state index in [1.54, 1.807) is 0 Å². The van der Waals surface area contributed by atoms with Crippen molar-refractivity contribution in [3.63, 3.8) is 0 Å². The fourth-order valence-corrected chi connectivity index (χ4v) is 2.95. The number of aryl methyl sites for hydroxylation is 1. The molecule has 1 amide bonds. The minimum Gasteiger partial charge on any atom is -0.390 e. The Morgan fingerprint density at radius 2 is 1.90 bits per heavy atom. The maximum absolute atomic E-state index is 12.3. The summed E-state index contributed by atoms with van der Waals surface area (Å²) in [5.41, 5.74) is 4.28. The fourth-order valence-electron chi connectivity index (χ4n) is 2.95. The first-order chi connectivity index (χ1) is 10.1. The average molecular weight is 281 g/mol. The zero-order chi connectivity index (χ0) is 14.8. The monoisotopic (exact) mass is 281 g/mol. The molecule has 0 aromatic heterocycles. The lowest BCUT2D eigenvalue weighted by atomic mass is 10.0. The molecule has 0 saturated carbocycles. The molecule has 0 fully saturated rings. The topological polar surface area (TPSA) is 49.3 Å². The van der Waals surface area contributed by atoms with Crippen LogP contribution in [-0.4, -0.2) is 17.1 Å². The summed E-state index contributed by atoms with van der Waals surface area (Å²) in [6.07, 6.45) is 0.409. The Morgan fingerprint density at radius 3 is 2.71 bits per heavy atom. The van der Waals surface area contributed by atoms with Crippen LogP contribution in [0.1, 0.15) is 28.3 Å². The predicted octanol–water partition coefficient (Wildman–Crippen LogP) is 2.31. The third-order valence-corrected chi connectivity index (χ3v) is 4.13. The van der Waals surface area contributed by atoms with E-state index in [1.165, 1.54) is 0 Å². The second-order valence-electron chi connectivity index (χ2n) is 5.62. The molecule has 0 spiro atoms. The van der Waals surface area contributed by atoms with Crippen LogP contribution in [0.25, 0.3) is 0 Å². The van der Waals surface area contributed by atoms with Gasteiger partial charge < -0.3 is 10.4 Å². The molecule has 0 heterocycles. The highest BCUT2D eigenvalue weighted by atomic mass is 16.3. The molecule has 2 N–H and O–H groups in total. The number of nitrogens with one attached hydrogen (secondary N) is 1. The molecule has 0 aliphatic heterocycles. The lowest BCUT2D eigenvalue weighted by Gasteiger charge is -2.18. The quantitative estimate of drug-likeness (QED) is 0.907. The van der Waals surface area contributed by atoms with Gasteiger partial charge in [-0.3, -0.25) is 4.79 Å². The van der Waals surface area contributed by atoms with Gasteiger partial charge in [0.2, 0.25) is 5.91 Å². The third-order valence-electron chi connectivity index (χ3n) is 4.13. The molecule has 2 aromatic carbocycles. The molecule has 0 radical (unpaired) electrons. The summed E-state index contributed by atoms with van der Waals surface area (Å²) < 4.78 is 0. The molecule has 2 atom stereocenters. The van der Waals surface area contributed by atoms with Crippen molar-refractivity contribution < 1.29 is 9.90 Å². The highest BCUT2D eigenvalue weighted by Crippen LogP contribution is 2.31. The molecule has 0 saturated heterocycles. The van der Waals surface area contributed by atoms with Gasteiger partial charge >= 0.3 is 0 Å². The predicted molar refractivity (Wildman–Crippen MR) is 81.9 cm³/mol. The number of hydrogen-bond donors (Lipinski definition) is 2. The largest absolute Gasteiger partial charge is 0.390 e. The van der Waals surface area contributed by atoms with Gasteiger partial charge in [0.1, 0.15) is 0 Å². The van der Waals surface area contributed by atoms with Crippen molar-refractivity contribution in [1.29, 1.82) is 0 Å². The number of carbonyl (C=O) groups excluding carboxylic acids is 1. The van der Waals surface area contributed by atoms with Crippen molar-refractivity contribution in [2.24, 2.45) is 0 Å². The maximum atomic E-state index is 12.3. The SMILES string of the molecule is Cc1ccccc1CC(=O)N[C@H]1c2ccccc2C[C@H]1O. The Labute approximate surface area is 124 Å². The highest BCUT2D eigenvalue weighted by Gasteiger charge is 2.31. The molecule has 1 aliphatic rings. The van der Waals surface area contributed by atoms with Crippen molar-refractivity contribution in [2.45, 2.75) is 31.9 Å². The zero-order valence-electron chi connectivity index (χ0n) is 12.0. The molecule has 108 valence electrons. The van der Waals surface area contributed by atoms with Gasteiger partial charge in [0, 0.05) is 6.42 Å². The molecule has 21 heavy (non-hydrogen) atoms. The number of aliphatic hydroxyl groups is 1. The van der Waals surface area contributed by atoms with Crippen LogP contribution in [0.5, 0.6) is 0 Å². The van der Waals surface area contributed by atoms with Crippen LogP contribution in [0.15, 0.2) is 48.5 Å². The van der Waals surface area contributed by atoms with E-state index in [2.05, 4.69) is 5.32 Å². The summed E-state index contributed by atoms with van der Waals surface area (Å²) in [4.78, 5) is 12.3. The van der Waals surface area contributed by atoms with Gasteiger partial charge in [0.25, 0.3) is 0 Å². The Balaban J connectivity index is 1.72. The van der Waals surface area contributed by atoms with Crippen LogP contribution < -0.4 is 5.32 Å². The van der Waals surface area contributed by atoms with Crippen LogP contribution in [0, 0.1) is 6.92 Å². The Bertz CT molecular complexity index is 666. The summed E-state index contributed by atoms with van der Waals surface area (Å²) in [5, 5.41) is 13.1. The number of rotatable bonds is 3. The zero-order valence-corrected chi connectivity index (χ0v) is 12.0. The summed E-state index contributed by atoms with van der Waals surface area (Å²) in [6.45, 7) is 2.00. The van der Waals surface area contributed by atoms with Gasteiger partial charge in [0.15, 0.2) is 0 Å². The molecule has 1 aliphatic carbocycles. The number of aliphatic hydroxyl groups excluding tert-OH is 1. The third kappa shape index (κ3) is 2.83. The van der Waals surface area contributed by atoms with Gasteiger partial charge in [-0.15, -0.1) is 0 Å². The van der Waals surface area contributed by atoms with E-state index in [-0.39, 0.29) is 11.9 Å². The molecular formula is C18H19NO2. The molecular weight excluding hydrogens is 262 g/mol. The number of hydrogen-bond acceptors (Lipinski definition) is 2. The van der Waals surface area contributed by atoms with Crippen molar-refractivity contribution in [1.82, 2.24) is 5.32 Å². The van der Waals surface area contributed by atoms with E-state index in [4.69, 9.17) is 0 Å².